The van der Waals surface area contributed by atoms with E-state index >= 15 is 0 Å². The number of aromatic hydroxyl groups is 1. The molecule has 164 valence electrons. The van der Waals surface area contributed by atoms with Crippen molar-refractivity contribution >= 4 is 33.3 Å². The normalized spacial score (nSPS) is 12.2. The minimum Gasteiger partial charge on any atom is -0.507 e. The molecule has 0 aliphatic heterocycles. The van der Waals surface area contributed by atoms with E-state index in [0.717, 1.165) is 5.39 Å². The first-order valence-corrected chi connectivity index (χ1v) is 10.2. The van der Waals surface area contributed by atoms with E-state index in [9.17, 15) is 25.1 Å². The third-order valence-electron chi connectivity index (χ3n) is 5.62. The molecule has 0 saturated carbocycles. The van der Waals surface area contributed by atoms with Crippen LogP contribution in [0.5, 0.6) is 5.75 Å². The van der Waals surface area contributed by atoms with Gasteiger partial charge in [-0.1, -0.05) is 24.3 Å². The van der Waals surface area contributed by atoms with E-state index in [0.29, 0.717) is 33.1 Å². The second-order valence-electron chi connectivity index (χ2n) is 7.49. The van der Waals surface area contributed by atoms with Crippen LogP contribution in [-0.4, -0.2) is 32.3 Å². The molecule has 3 aromatic carbocycles. The molecular formula is C24H22N2O6. The number of fused-ring (bicyclic) bond motifs is 3. The van der Waals surface area contributed by atoms with Crippen LogP contribution >= 0.6 is 0 Å². The summed E-state index contributed by atoms with van der Waals surface area (Å²) in [6.07, 6.45) is -0.979. The van der Waals surface area contributed by atoms with Crippen LogP contribution in [0, 0.1) is 17.0 Å². The lowest BCUT2D eigenvalue weighted by Crippen LogP contribution is -2.12. The lowest BCUT2D eigenvalue weighted by atomic mass is 10.0. The van der Waals surface area contributed by atoms with Gasteiger partial charge in [-0.3, -0.25) is 10.1 Å². The summed E-state index contributed by atoms with van der Waals surface area (Å²) in [5, 5.41) is 34.3. The molecule has 0 aliphatic rings. The van der Waals surface area contributed by atoms with Crippen LogP contribution in [0.15, 0.2) is 54.6 Å². The molecular weight excluding hydrogens is 412 g/mol. The quantitative estimate of drug-likeness (QED) is 0.260. The predicted octanol–water partition coefficient (Wildman–Crippen LogP) is 4.63. The summed E-state index contributed by atoms with van der Waals surface area (Å²) in [6, 6.07) is 14.5. The number of esters is 1. The zero-order valence-electron chi connectivity index (χ0n) is 17.6. The summed E-state index contributed by atoms with van der Waals surface area (Å²) in [5.74, 6) is -0.458. The fraction of sp³-hybridized carbons (Fsp3) is 0.208. The van der Waals surface area contributed by atoms with E-state index in [-0.39, 0.29) is 24.6 Å². The number of aliphatic hydroxyl groups excluding tert-OH is 1. The van der Waals surface area contributed by atoms with Crippen molar-refractivity contribution in [3.05, 3.63) is 81.5 Å². The Morgan fingerprint density at radius 1 is 1.12 bits per heavy atom. The van der Waals surface area contributed by atoms with Crippen molar-refractivity contribution in [3.8, 4) is 5.75 Å². The van der Waals surface area contributed by atoms with Gasteiger partial charge in [0.2, 0.25) is 0 Å². The number of rotatable bonds is 6. The number of carbonyl (C=O) groups is 1. The number of carbonyl (C=O) groups excluding carboxylic acids is 1. The van der Waals surface area contributed by atoms with E-state index in [4.69, 9.17) is 4.74 Å². The summed E-state index contributed by atoms with van der Waals surface area (Å²) in [5.41, 5.74) is 2.07. The number of phenolic OH excluding ortho intramolecular Hbond substituents is 1. The van der Waals surface area contributed by atoms with Crippen LogP contribution in [0.4, 0.5) is 5.69 Å². The van der Waals surface area contributed by atoms with Gasteiger partial charge in [-0.2, -0.15) is 0 Å². The summed E-state index contributed by atoms with van der Waals surface area (Å²) in [7, 11) is 0. The van der Waals surface area contributed by atoms with Crippen molar-refractivity contribution in [2.75, 3.05) is 6.61 Å². The SMILES string of the molecule is CCOC(=O)c1c(C)n(C[C@@H](O)c2ccc([N+](=O)[O-])cc2)c2c1cc(O)c1ccccc12. The molecule has 0 saturated heterocycles. The van der Waals surface area contributed by atoms with E-state index in [1.807, 2.05) is 22.8 Å². The lowest BCUT2D eigenvalue weighted by molar-refractivity contribution is -0.384. The third kappa shape index (κ3) is 3.54. The molecule has 0 radical (unpaired) electrons. The number of nitrogens with zero attached hydrogens (tertiary/aromatic N) is 2. The van der Waals surface area contributed by atoms with Crippen LogP contribution in [0.3, 0.4) is 0 Å². The Hall–Kier alpha value is -3.91. The lowest BCUT2D eigenvalue weighted by Gasteiger charge is -2.16. The first-order chi connectivity index (χ1) is 15.3. The Morgan fingerprint density at radius 2 is 1.78 bits per heavy atom. The topological polar surface area (TPSA) is 115 Å². The number of non-ortho nitro benzene ring substituents is 1. The molecule has 0 bridgehead atoms. The Kier molecular flexibility index (Phi) is 5.54. The van der Waals surface area contributed by atoms with Crippen molar-refractivity contribution in [2.24, 2.45) is 0 Å². The number of phenols is 1. The van der Waals surface area contributed by atoms with E-state index in [2.05, 4.69) is 0 Å². The summed E-state index contributed by atoms with van der Waals surface area (Å²) in [6.45, 7) is 3.79. The van der Waals surface area contributed by atoms with Gasteiger partial charge in [0.15, 0.2) is 0 Å². The molecule has 2 N–H and O–H groups in total. The molecule has 1 atom stereocenters. The number of hydrogen-bond acceptors (Lipinski definition) is 6. The Balaban J connectivity index is 1.89. The maximum absolute atomic E-state index is 12.8. The number of ether oxygens (including phenoxy) is 1. The third-order valence-corrected chi connectivity index (χ3v) is 5.62. The molecule has 4 aromatic rings. The zero-order valence-corrected chi connectivity index (χ0v) is 17.6. The highest BCUT2D eigenvalue weighted by atomic mass is 16.6. The van der Waals surface area contributed by atoms with Crippen LogP contribution in [0.2, 0.25) is 0 Å². The molecule has 0 unspecified atom stereocenters. The number of nitro groups is 1. The molecule has 0 fully saturated rings. The van der Waals surface area contributed by atoms with Crippen LogP contribution in [0.1, 0.15) is 34.6 Å². The van der Waals surface area contributed by atoms with E-state index in [1.54, 1.807) is 26.0 Å². The number of hydrogen-bond donors (Lipinski definition) is 2. The smallest absolute Gasteiger partial charge is 0.340 e. The van der Waals surface area contributed by atoms with E-state index in [1.165, 1.54) is 24.3 Å². The maximum atomic E-state index is 12.8. The maximum Gasteiger partial charge on any atom is 0.340 e. The first-order valence-electron chi connectivity index (χ1n) is 10.2. The molecule has 0 amide bonds. The highest BCUT2D eigenvalue weighted by Gasteiger charge is 2.25. The fourth-order valence-corrected chi connectivity index (χ4v) is 4.11. The van der Waals surface area contributed by atoms with Gasteiger partial charge < -0.3 is 19.5 Å². The number of aromatic nitrogens is 1. The Bertz CT molecular complexity index is 1340. The Morgan fingerprint density at radius 3 is 2.41 bits per heavy atom. The molecule has 8 nitrogen and oxygen atoms in total. The van der Waals surface area contributed by atoms with Gasteiger partial charge in [-0.25, -0.2) is 4.79 Å². The molecule has 8 heteroatoms. The fourth-order valence-electron chi connectivity index (χ4n) is 4.11. The molecule has 0 aliphatic carbocycles. The Labute approximate surface area is 183 Å². The monoisotopic (exact) mass is 434 g/mol. The largest absolute Gasteiger partial charge is 0.507 e. The standard InChI is InChI=1S/C24H22N2O6/c1-3-32-24(29)22-14(2)25(13-21(28)15-8-10-16(11-9-15)26(30)31)23-18-7-5-4-6-17(18)20(27)12-19(22)23/h4-12,21,27-28H,3,13H2,1-2H3/t21-/m1/s1. The summed E-state index contributed by atoms with van der Waals surface area (Å²) >= 11 is 0. The molecule has 1 aromatic heterocycles. The molecule has 32 heavy (non-hydrogen) atoms. The van der Waals surface area contributed by atoms with Crippen molar-refractivity contribution in [2.45, 2.75) is 26.5 Å². The first kappa shape index (κ1) is 21.3. The number of benzene rings is 3. The summed E-state index contributed by atoms with van der Waals surface area (Å²) < 4.78 is 7.08. The van der Waals surface area contributed by atoms with Gasteiger partial charge in [-0.15, -0.1) is 0 Å². The predicted molar refractivity (Wildman–Crippen MR) is 120 cm³/mol. The van der Waals surface area contributed by atoms with Crippen molar-refractivity contribution in [1.29, 1.82) is 0 Å². The van der Waals surface area contributed by atoms with Gasteiger partial charge in [-0.05, 0) is 37.6 Å². The second-order valence-corrected chi connectivity index (χ2v) is 7.49. The van der Waals surface area contributed by atoms with Crippen LogP contribution in [-0.2, 0) is 11.3 Å². The highest BCUT2D eigenvalue weighted by Crippen LogP contribution is 2.38. The van der Waals surface area contributed by atoms with Gasteiger partial charge in [0.25, 0.3) is 5.69 Å². The van der Waals surface area contributed by atoms with Crippen molar-refractivity contribution < 1.29 is 24.7 Å². The molecule has 1 heterocycles. The minimum atomic E-state index is -0.979. The number of aliphatic hydroxyl groups is 1. The highest BCUT2D eigenvalue weighted by molar-refractivity contribution is 6.16. The molecule has 0 spiro atoms. The minimum absolute atomic E-state index is 0.0479. The van der Waals surface area contributed by atoms with Gasteiger partial charge in [0.1, 0.15) is 5.75 Å². The van der Waals surface area contributed by atoms with Crippen molar-refractivity contribution in [1.82, 2.24) is 4.57 Å². The average molecular weight is 434 g/mol. The zero-order chi connectivity index (χ0) is 23.0. The second kappa shape index (κ2) is 8.32. The van der Waals surface area contributed by atoms with Gasteiger partial charge in [0.05, 0.1) is 35.3 Å². The molecule has 4 rings (SSSR count). The van der Waals surface area contributed by atoms with Crippen molar-refractivity contribution in [3.63, 3.8) is 0 Å². The average Bonchev–Trinajstić information content (AvgIpc) is 3.05. The van der Waals surface area contributed by atoms with Gasteiger partial charge in [0, 0.05) is 34.0 Å². The van der Waals surface area contributed by atoms with E-state index < -0.39 is 17.0 Å². The van der Waals surface area contributed by atoms with Crippen LogP contribution < -0.4 is 0 Å². The number of nitro benzene ring substituents is 1. The van der Waals surface area contributed by atoms with Crippen LogP contribution in [0.25, 0.3) is 21.7 Å². The van der Waals surface area contributed by atoms with Gasteiger partial charge >= 0.3 is 5.97 Å². The summed E-state index contributed by atoms with van der Waals surface area (Å²) in [4.78, 5) is 23.2.